The van der Waals surface area contributed by atoms with Crippen LogP contribution in [-0.4, -0.2) is 30.6 Å². The minimum atomic E-state index is -0.799. The molecular weight excluding hydrogens is 502 g/mol. The number of phenols is 1. The van der Waals surface area contributed by atoms with Gasteiger partial charge in [-0.15, -0.1) is 0 Å². The number of aromatic hydroxyl groups is 1. The number of rotatable bonds is 7. The molecule has 1 aliphatic heterocycles. The van der Waals surface area contributed by atoms with Crippen molar-refractivity contribution >= 4 is 33.9 Å². The van der Waals surface area contributed by atoms with Crippen molar-refractivity contribution in [2.75, 3.05) is 0 Å². The largest absolute Gasteiger partial charge is 0.507 e. The fourth-order valence-electron chi connectivity index (χ4n) is 4.70. The van der Waals surface area contributed by atoms with Gasteiger partial charge in [-0.05, 0) is 92.9 Å². The fourth-order valence-corrected chi connectivity index (χ4v) is 5.64. The van der Waals surface area contributed by atoms with E-state index in [0.717, 1.165) is 45.3 Å². The standard InChI is InChI=1S/C29H29N3O5S/c1-16-12-17(2)26(18(3)25(16)33)37-21-10-11-22-23(13-21)32(5)24(30-22)15-36-20-8-6-19(7-9-20)14-29(4)27(34)31-28(35)38-29/h6-13,33H,14-15H2,1-5H3,(H,31,34,35). The van der Waals surface area contributed by atoms with Gasteiger partial charge in [0.15, 0.2) is 0 Å². The van der Waals surface area contributed by atoms with Crippen LogP contribution in [0.15, 0.2) is 48.5 Å². The molecule has 0 spiro atoms. The monoisotopic (exact) mass is 531 g/mol. The second-order valence-electron chi connectivity index (χ2n) is 9.84. The average Bonchev–Trinajstić information content (AvgIpc) is 3.33. The quantitative estimate of drug-likeness (QED) is 0.308. The number of hydrogen-bond acceptors (Lipinski definition) is 7. The smallest absolute Gasteiger partial charge is 0.286 e. The average molecular weight is 532 g/mol. The van der Waals surface area contributed by atoms with Crippen molar-refractivity contribution in [1.82, 2.24) is 14.9 Å². The number of imidazole rings is 1. The SMILES string of the molecule is Cc1cc(C)c(Oc2ccc3nc(COc4ccc(CC5(C)SC(=O)NC5=O)cc4)n(C)c3c2)c(C)c1O. The first kappa shape index (κ1) is 25.7. The second-order valence-corrected chi connectivity index (χ2v) is 11.3. The first-order valence-electron chi connectivity index (χ1n) is 12.2. The summed E-state index contributed by atoms with van der Waals surface area (Å²) in [5, 5.41) is 12.4. The summed E-state index contributed by atoms with van der Waals surface area (Å²) in [5.74, 6) is 2.72. The highest BCUT2D eigenvalue weighted by molar-refractivity contribution is 8.16. The summed E-state index contributed by atoms with van der Waals surface area (Å²) < 4.78 is 13.3. The summed E-state index contributed by atoms with van der Waals surface area (Å²) >= 11 is 1.03. The number of fused-ring (bicyclic) bond motifs is 1. The first-order valence-corrected chi connectivity index (χ1v) is 13.0. The predicted octanol–water partition coefficient (Wildman–Crippen LogP) is 5.86. The third-order valence-electron chi connectivity index (χ3n) is 6.87. The van der Waals surface area contributed by atoms with Crippen molar-refractivity contribution in [3.8, 4) is 23.0 Å². The molecule has 8 nitrogen and oxygen atoms in total. The zero-order valence-electron chi connectivity index (χ0n) is 21.9. The van der Waals surface area contributed by atoms with Crippen LogP contribution in [0.4, 0.5) is 4.79 Å². The van der Waals surface area contributed by atoms with Gasteiger partial charge in [-0.2, -0.15) is 0 Å². The van der Waals surface area contributed by atoms with Gasteiger partial charge in [-0.1, -0.05) is 12.1 Å². The van der Waals surface area contributed by atoms with E-state index in [1.807, 2.05) is 80.9 Å². The lowest BCUT2D eigenvalue weighted by Gasteiger charge is -2.18. The molecule has 4 aromatic rings. The molecule has 1 saturated heterocycles. The van der Waals surface area contributed by atoms with E-state index >= 15 is 0 Å². The highest BCUT2D eigenvalue weighted by Crippen LogP contribution is 2.37. The van der Waals surface area contributed by atoms with Crippen molar-refractivity contribution in [3.63, 3.8) is 0 Å². The Kier molecular flexibility index (Phi) is 6.56. The number of imide groups is 1. The van der Waals surface area contributed by atoms with Crippen LogP contribution in [-0.2, 0) is 24.9 Å². The minimum absolute atomic E-state index is 0.243. The highest BCUT2D eigenvalue weighted by atomic mass is 32.2. The number of hydrogen-bond donors (Lipinski definition) is 2. The number of carbonyl (C=O) groups is 2. The van der Waals surface area contributed by atoms with Crippen LogP contribution >= 0.6 is 11.8 Å². The number of aryl methyl sites for hydroxylation is 3. The molecule has 2 N–H and O–H groups in total. The van der Waals surface area contributed by atoms with Crippen molar-refractivity contribution in [3.05, 3.63) is 76.6 Å². The Morgan fingerprint density at radius 1 is 1.03 bits per heavy atom. The number of carbonyl (C=O) groups excluding carboxylic acids is 2. The van der Waals surface area contributed by atoms with E-state index < -0.39 is 4.75 Å². The van der Waals surface area contributed by atoms with Crippen LogP contribution in [0, 0.1) is 20.8 Å². The van der Waals surface area contributed by atoms with Crippen molar-refractivity contribution in [2.24, 2.45) is 7.05 Å². The van der Waals surface area contributed by atoms with Gasteiger partial charge in [0, 0.05) is 18.7 Å². The zero-order valence-corrected chi connectivity index (χ0v) is 22.7. The van der Waals surface area contributed by atoms with E-state index in [1.165, 1.54) is 0 Å². The molecule has 0 radical (unpaired) electrons. The number of benzene rings is 3. The number of phenolic OH excluding ortho intramolecular Hbond substituents is 1. The number of thioether (sulfide) groups is 1. The number of ether oxygens (including phenoxy) is 2. The highest BCUT2D eigenvalue weighted by Gasteiger charge is 2.43. The van der Waals surface area contributed by atoms with Crippen LogP contribution < -0.4 is 14.8 Å². The molecule has 1 atom stereocenters. The lowest BCUT2D eigenvalue weighted by atomic mass is 9.99. The Morgan fingerprint density at radius 3 is 2.42 bits per heavy atom. The molecule has 1 fully saturated rings. The predicted molar refractivity (Wildman–Crippen MR) is 147 cm³/mol. The molecule has 196 valence electrons. The maximum atomic E-state index is 12.1. The molecule has 1 aliphatic rings. The number of nitrogens with zero attached hydrogens (tertiary/aromatic N) is 2. The Hall–Kier alpha value is -3.98. The summed E-state index contributed by atoms with van der Waals surface area (Å²) in [6.07, 6.45) is 0.450. The van der Waals surface area contributed by atoms with E-state index in [9.17, 15) is 14.7 Å². The van der Waals surface area contributed by atoms with Gasteiger partial charge < -0.3 is 19.1 Å². The molecule has 3 aromatic carbocycles. The van der Waals surface area contributed by atoms with Crippen molar-refractivity contribution in [2.45, 2.75) is 45.5 Å². The molecule has 1 unspecified atom stereocenters. The van der Waals surface area contributed by atoms with Gasteiger partial charge in [-0.25, -0.2) is 4.98 Å². The molecule has 9 heteroatoms. The van der Waals surface area contributed by atoms with Crippen LogP contribution in [0.2, 0.25) is 0 Å². The summed E-state index contributed by atoms with van der Waals surface area (Å²) in [6, 6.07) is 15.1. The number of amides is 2. The van der Waals surface area contributed by atoms with Crippen LogP contribution in [0.1, 0.15) is 35.0 Å². The van der Waals surface area contributed by atoms with Gasteiger partial charge in [0.25, 0.3) is 5.24 Å². The van der Waals surface area contributed by atoms with Crippen LogP contribution in [0.5, 0.6) is 23.0 Å². The number of nitrogens with one attached hydrogen (secondary N) is 1. The molecule has 38 heavy (non-hydrogen) atoms. The molecule has 0 saturated carbocycles. The lowest BCUT2D eigenvalue weighted by molar-refractivity contribution is -0.121. The van der Waals surface area contributed by atoms with E-state index in [4.69, 9.17) is 14.5 Å². The summed E-state index contributed by atoms with van der Waals surface area (Å²) in [6.45, 7) is 7.73. The molecule has 2 amide bonds. The van der Waals surface area contributed by atoms with Crippen LogP contribution in [0.3, 0.4) is 0 Å². The Labute approximate surface area is 225 Å². The van der Waals surface area contributed by atoms with Gasteiger partial charge in [0.05, 0.1) is 11.0 Å². The third kappa shape index (κ3) is 4.81. The molecule has 2 heterocycles. The molecule has 1 aromatic heterocycles. The van der Waals surface area contributed by atoms with Gasteiger partial charge in [0.2, 0.25) is 5.91 Å². The van der Waals surface area contributed by atoms with Gasteiger partial charge >= 0.3 is 0 Å². The van der Waals surface area contributed by atoms with Gasteiger partial charge in [0.1, 0.15) is 40.2 Å². The van der Waals surface area contributed by atoms with E-state index in [0.29, 0.717) is 29.2 Å². The zero-order chi connectivity index (χ0) is 27.2. The molecule has 5 rings (SSSR count). The van der Waals surface area contributed by atoms with E-state index in [1.54, 1.807) is 6.92 Å². The molecule has 0 aliphatic carbocycles. The lowest BCUT2D eigenvalue weighted by Crippen LogP contribution is -2.35. The first-order chi connectivity index (χ1) is 18.0. The minimum Gasteiger partial charge on any atom is -0.507 e. The Bertz CT molecular complexity index is 1580. The molecule has 0 bridgehead atoms. The van der Waals surface area contributed by atoms with Crippen molar-refractivity contribution in [1.29, 1.82) is 0 Å². The summed E-state index contributed by atoms with van der Waals surface area (Å²) in [7, 11) is 1.93. The number of aromatic nitrogens is 2. The van der Waals surface area contributed by atoms with E-state index in [2.05, 4.69) is 5.32 Å². The van der Waals surface area contributed by atoms with E-state index in [-0.39, 0.29) is 23.5 Å². The third-order valence-corrected chi connectivity index (χ3v) is 7.94. The summed E-state index contributed by atoms with van der Waals surface area (Å²) in [4.78, 5) is 28.4. The maximum Gasteiger partial charge on any atom is 0.286 e. The van der Waals surface area contributed by atoms with Crippen molar-refractivity contribution < 1.29 is 24.2 Å². The normalized spacial score (nSPS) is 17.2. The van der Waals surface area contributed by atoms with Crippen LogP contribution in [0.25, 0.3) is 11.0 Å². The van der Waals surface area contributed by atoms with Gasteiger partial charge in [-0.3, -0.25) is 14.9 Å². The Balaban J connectivity index is 1.28. The molecular formula is C29H29N3O5S. The fraction of sp³-hybridized carbons (Fsp3) is 0.276. The Morgan fingerprint density at radius 2 is 1.74 bits per heavy atom. The second kappa shape index (κ2) is 9.72. The topological polar surface area (TPSA) is 103 Å². The summed E-state index contributed by atoms with van der Waals surface area (Å²) in [5.41, 5.74) is 5.15. The maximum absolute atomic E-state index is 12.1.